The lowest BCUT2D eigenvalue weighted by Crippen LogP contribution is -2.30. The number of aryl methyl sites for hydroxylation is 2. The number of thiophene rings is 1. The second kappa shape index (κ2) is 6.75. The molecule has 0 saturated carbocycles. The molecular formula is C17H18N4OS. The highest BCUT2D eigenvalue weighted by Crippen LogP contribution is 2.20. The van der Waals surface area contributed by atoms with E-state index in [1.54, 1.807) is 34.6 Å². The summed E-state index contributed by atoms with van der Waals surface area (Å²) in [7, 11) is 1.81. The zero-order valence-electron chi connectivity index (χ0n) is 13.1. The summed E-state index contributed by atoms with van der Waals surface area (Å²) in [5.74, 6) is -0.111. The summed E-state index contributed by atoms with van der Waals surface area (Å²) in [4.78, 5) is 16.8. The fourth-order valence-corrected chi connectivity index (χ4v) is 3.22. The Balaban J connectivity index is 1.83. The van der Waals surface area contributed by atoms with E-state index in [1.807, 2.05) is 31.5 Å². The Morgan fingerprint density at radius 2 is 2.30 bits per heavy atom. The highest BCUT2D eigenvalue weighted by Gasteiger charge is 2.19. The van der Waals surface area contributed by atoms with Gasteiger partial charge in [-0.15, -0.1) is 0 Å². The predicted molar refractivity (Wildman–Crippen MR) is 90.4 cm³/mol. The molecule has 118 valence electrons. The van der Waals surface area contributed by atoms with Gasteiger partial charge >= 0.3 is 0 Å². The van der Waals surface area contributed by atoms with Crippen molar-refractivity contribution in [2.75, 3.05) is 0 Å². The van der Waals surface area contributed by atoms with Crippen molar-refractivity contribution in [3.8, 4) is 0 Å². The van der Waals surface area contributed by atoms with Gasteiger partial charge in [-0.25, -0.2) is 0 Å². The van der Waals surface area contributed by atoms with Crippen molar-refractivity contribution in [1.82, 2.24) is 20.1 Å². The molecule has 3 heterocycles. The Labute approximate surface area is 139 Å². The lowest BCUT2D eigenvalue weighted by molar-refractivity contribution is 0.0936. The van der Waals surface area contributed by atoms with E-state index in [2.05, 4.69) is 26.8 Å². The third-order valence-electron chi connectivity index (χ3n) is 3.67. The molecular weight excluding hydrogens is 308 g/mol. The third kappa shape index (κ3) is 3.65. The van der Waals surface area contributed by atoms with Crippen molar-refractivity contribution < 1.29 is 4.79 Å². The van der Waals surface area contributed by atoms with Gasteiger partial charge in [0, 0.05) is 25.6 Å². The molecule has 0 unspecified atom stereocenters. The van der Waals surface area contributed by atoms with Crippen LogP contribution in [0.2, 0.25) is 0 Å². The summed E-state index contributed by atoms with van der Waals surface area (Å²) in [6.45, 7) is 1.84. The van der Waals surface area contributed by atoms with Crippen molar-refractivity contribution in [3.63, 3.8) is 0 Å². The fraction of sp³-hybridized carbons (Fsp3) is 0.235. The summed E-state index contributed by atoms with van der Waals surface area (Å²) in [6.07, 6.45) is 6.02. The van der Waals surface area contributed by atoms with Crippen molar-refractivity contribution in [2.24, 2.45) is 7.05 Å². The van der Waals surface area contributed by atoms with Gasteiger partial charge in [0.15, 0.2) is 0 Å². The minimum Gasteiger partial charge on any atom is -0.345 e. The second-order valence-electron chi connectivity index (χ2n) is 5.45. The zero-order valence-corrected chi connectivity index (χ0v) is 13.9. The van der Waals surface area contributed by atoms with Gasteiger partial charge in [-0.1, -0.05) is 6.07 Å². The average Bonchev–Trinajstić information content (AvgIpc) is 3.17. The van der Waals surface area contributed by atoms with Crippen LogP contribution in [0.25, 0.3) is 0 Å². The van der Waals surface area contributed by atoms with Crippen LogP contribution >= 0.6 is 11.3 Å². The molecule has 0 bridgehead atoms. The summed E-state index contributed by atoms with van der Waals surface area (Å²) in [6, 6.07) is 5.83. The van der Waals surface area contributed by atoms with Gasteiger partial charge < -0.3 is 5.32 Å². The highest BCUT2D eigenvalue weighted by molar-refractivity contribution is 7.07. The van der Waals surface area contributed by atoms with Crippen LogP contribution in [0.3, 0.4) is 0 Å². The Hall–Kier alpha value is -2.47. The van der Waals surface area contributed by atoms with Gasteiger partial charge in [0.2, 0.25) is 0 Å². The second-order valence-corrected chi connectivity index (χ2v) is 6.23. The molecule has 0 fully saturated rings. The summed E-state index contributed by atoms with van der Waals surface area (Å²) in [5, 5.41) is 11.5. The lowest BCUT2D eigenvalue weighted by atomic mass is 10.0. The van der Waals surface area contributed by atoms with Gasteiger partial charge in [0.05, 0.1) is 17.3 Å². The molecule has 23 heavy (non-hydrogen) atoms. The quantitative estimate of drug-likeness (QED) is 0.784. The smallest absolute Gasteiger partial charge is 0.255 e. The number of carbonyl (C=O) groups excluding carboxylic acids is 1. The molecule has 0 aliphatic rings. The molecule has 6 heteroatoms. The number of aromatic nitrogens is 3. The van der Waals surface area contributed by atoms with Crippen LogP contribution in [-0.4, -0.2) is 20.7 Å². The SMILES string of the molecule is Cc1nn(C)cc1C(=O)N[C@@H](Cc1ccsc1)c1cccnc1. The molecule has 0 aliphatic heterocycles. The first-order valence-electron chi connectivity index (χ1n) is 7.35. The number of nitrogens with zero attached hydrogens (tertiary/aromatic N) is 3. The van der Waals surface area contributed by atoms with E-state index in [1.165, 1.54) is 5.56 Å². The number of rotatable bonds is 5. The topological polar surface area (TPSA) is 59.8 Å². The molecule has 3 rings (SSSR count). The monoisotopic (exact) mass is 326 g/mol. The molecule has 0 saturated heterocycles. The van der Waals surface area contributed by atoms with Gasteiger partial charge in [0.25, 0.3) is 5.91 Å². The van der Waals surface area contributed by atoms with Gasteiger partial charge in [-0.3, -0.25) is 14.5 Å². The number of hydrogen-bond donors (Lipinski definition) is 1. The molecule has 5 nitrogen and oxygen atoms in total. The normalized spacial score (nSPS) is 12.1. The van der Waals surface area contributed by atoms with Crippen molar-refractivity contribution in [2.45, 2.75) is 19.4 Å². The van der Waals surface area contributed by atoms with Crippen LogP contribution in [0.5, 0.6) is 0 Å². The first kappa shape index (κ1) is 15.4. The maximum absolute atomic E-state index is 12.6. The van der Waals surface area contributed by atoms with Crippen molar-refractivity contribution >= 4 is 17.2 Å². The zero-order chi connectivity index (χ0) is 16.2. The number of pyridine rings is 1. The maximum atomic E-state index is 12.6. The Bertz CT molecular complexity index is 780. The number of amides is 1. The minimum atomic E-state index is -0.120. The van der Waals surface area contributed by atoms with E-state index >= 15 is 0 Å². The van der Waals surface area contributed by atoms with E-state index < -0.39 is 0 Å². The molecule has 1 amide bonds. The molecule has 0 aromatic carbocycles. The van der Waals surface area contributed by atoms with Crippen LogP contribution < -0.4 is 5.32 Å². The summed E-state index contributed by atoms with van der Waals surface area (Å²) < 4.78 is 1.65. The van der Waals surface area contributed by atoms with E-state index in [0.717, 1.165) is 17.7 Å². The Morgan fingerprint density at radius 1 is 1.43 bits per heavy atom. The Morgan fingerprint density at radius 3 is 2.91 bits per heavy atom. The first-order chi connectivity index (χ1) is 11.1. The number of carbonyl (C=O) groups is 1. The summed E-state index contributed by atoms with van der Waals surface area (Å²) in [5.41, 5.74) is 3.53. The van der Waals surface area contributed by atoms with E-state index in [-0.39, 0.29) is 11.9 Å². The first-order valence-corrected chi connectivity index (χ1v) is 8.30. The molecule has 1 N–H and O–H groups in total. The highest BCUT2D eigenvalue weighted by atomic mass is 32.1. The third-order valence-corrected chi connectivity index (χ3v) is 4.40. The molecule has 0 aliphatic carbocycles. The largest absolute Gasteiger partial charge is 0.345 e. The van der Waals surface area contributed by atoms with Crippen molar-refractivity contribution in [3.05, 3.63) is 69.9 Å². The lowest BCUT2D eigenvalue weighted by Gasteiger charge is -2.18. The number of hydrogen-bond acceptors (Lipinski definition) is 4. The maximum Gasteiger partial charge on any atom is 0.255 e. The van der Waals surface area contributed by atoms with Crippen LogP contribution in [-0.2, 0) is 13.5 Å². The van der Waals surface area contributed by atoms with Crippen LogP contribution in [0, 0.1) is 6.92 Å². The molecule has 3 aromatic heterocycles. The van der Waals surface area contributed by atoms with Gasteiger partial charge in [-0.2, -0.15) is 16.4 Å². The Kier molecular flexibility index (Phi) is 4.52. The van der Waals surface area contributed by atoms with E-state index in [4.69, 9.17) is 0 Å². The van der Waals surface area contributed by atoms with Gasteiger partial charge in [0.1, 0.15) is 0 Å². The van der Waals surface area contributed by atoms with Gasteiger partial charge in [-0.05, 0) is 47.4 Å². The molecule has 0 radical (unpaired) electrons. The standard InChI is InChI=1S/C17H18N4OS/c1-12-15(10-21(2)20-12)17(22)19-16(8-13-5-7-23-11-13)14-4-3-6-18-9-14/h3-7,9-11,16H,8H2,1-2H3,(H,19,22)/t16-/m0/s1. The summed E-state index contributed by atoms with van der Waals surface area (Å²) >= 11 is 1.66. The molecule has 0 spiro atoms. The van der Waals surface area contributed by atoms with E-state index in [9.17, 15) is 4.79 Å². The van der Waals surface area contributed by atoms with Crippen LogP contribution in [0.15, 0.2) is 47.5 Å². The predicted octanol–water partition coefficient (Wildman–Crippen LogP) is 2.90. The minimum absolute atomic E-state index is 0.111. The molecule has 3 aromatic rings. The van der Waals surface area contributed by atoms with Crippen LogP contribution in [0.1, 0.15) is 33.2 Å². The van der Waals surface area contributed by atoms with Crippen LogP contribution in [0.4, 0.5) is 0 Å². The average molecular weight is 326 g/mol. The number of nitrogens with one attached hydrogen (secondary N) is 1. The fourth-order valence-electron chi connectivity index (χ4n) is 2.54. The van der Waals surface area contributed by atoms with E-state index in [0.29, 0.717) is 5.56 Å². The molecule has 1 atom stereocenters. The van der Waals surface area contributed by atoms with Crippen molar-refractivity contribution in [1.29, 1.82) is 0 Å².